The molecule has 0 aliphatic carbocycles. The highest BCUT2D eigenvalue weighted by Gasteiger charge is 2.53. The highest BCUT2D eigenvalue weighted by molar-refractivity contribution is 6.06. The molecule has 0 heterocycles. The third kappa shape index (κ3) is 7.67. The predicted octanol–water partition coefficient (Wildman–Crippen LogP) is 2.16. The maximum Gasteiger partial charge on any atom is 0.362 e. The molecule has 1 aromatic rings. The van der Waals surface area contributed by atoms with Crippen LogP contribution in [0.3, 0.4) is 0 Å². The third-order valence-corrected chi connectivity index (χ3v) is 4.00. The fourth-order valence-corrected chi connectivity index (χ4v) is 2.56. The second kappa shape index (κ2) is 11.5. The van der Waals surface area contributed by atoms with Crippen LogP contribution >= 0.6 is 0 Å². The van der Waals surface area contributed by atoms with E-state index in [0.717, 1.165) is 0 Å². The van der Waals surface area contributed by atoms with Crippen molar-refractivity contribution in [3.05, 3.63) is 35.9 Å². The van der Waals surface area contributed by atoms with E-state index in [9.17, 15) is 19.2 Å². The molecule has 0 aromatic heterocycles. The number of hydrogen-bond donors (Lipinski definition) is 1. The Morgan fingerprint density at radius 1 is 0.903 bits per heavy atom. The Hall–Kier alpha value is -2.94. The normalized spacial score (nSPS) is 12.5. The van der Waals surface area contributed by atoms with Crippen LogP contribution in [0.25, 0.3) is 0 Å². The van der Waals surface area contributed by atoms with Gasteiger partial charge in [0.25, 0.3) is 0 Å². The van der Waals surface area contributed by atoms with E-state index in [1.54, 1.807) is 52.8 Å². The summed E-state index contributed by atoms with van der Waals surface area (Å²) in [6, 6.07) is 6.67. The van der Waals surface area contributed by atoms with E-state index in [4.69, 9.17) is 24.7 Å². The van der Waals surface area contributed by atoms with Crippen molar-refractivity contribution in [2.75, 3.05) is 13.2 Å². The molecule has 0 fully saturated rings. The van der Waals surface area contributed by atoms with Crippen LogP contribution in [0, 0.1) is 0 Å². The van der Waals surface area contributed by atoms with Gasteiger partial charge in [0.2, 0.25) is 0 Å². The molecule has 1 aromatic carbocycles. The summed E-state index contributed by atoms with van der Waals surface area (Å²) in [5.74, 6) is -3.85. The molecule has 0 aliphatic rings. The number of rotatable bonds is 10. The van der Waals surface area contributed by atoms with E-state index in [1.165, 1.54) is 12.1 Å². The fraction of sp³-hybridized carbons (Fsp3) is 0.545. The SMILES string of the molecule is CCOC(=O)C(CCC(N)C(=O)OC(C)(C)C)(OC(=O)c1ccccc1)C(=O)OCC. The van der Waals surface area contributed by atoms with Crippen LogP contribution in [0.5, 0.6) is 0 Å². The Morgan fingerprint density at radius 2 is 1.42 bits per heavy atom. The van der Waals surface area contributed by atoms with E-state index in [0.29, 0.717) is 0 Å². The van der Waals surface area contributed by atoms with Crippen molar-refractivity contribution in [1.29, 1.82) is 0 Å². The molecule has 1 unspecified atom stereocenters. The molecule has 0 saturated carbocycles. The molecule has 2 N–H and O–H groups in total. The average molecular weight is 437 g/mol. The van der Waals surface area contributed by atoms with Crippen molar-refractivity contribution >= 4 is 23.9 Å². The van der Waals surface area contributed by atoms with Crippen LogP contribution in [0.4, 0.5) is 0 Å². The van der Waals surface area contributed by atoms with Crippen molar-refractivity contribution in [1.82, 2.24) is 0 Å². The average Bonchev–Trinajstić information content (AvgIpc) is 2.70. The first kappa shape index (κ1) is 26.1. The van der Waals surface area contributed by atoms with Crippen molar-refractivity contribution in [2.45, 2.75) is 64.7 Å². The molecule has 9 nitrogen and oxygen atoms in total. The molecule has 0 spiro atoms. The van der Waals surface area contributed by atoms with Gasteiger partial charge in [-0.2, -0.15) is 0 Å². The van der Waals surface area contributed by atoms with Crippen LogP contribution in [0.1, 0.15) is 57.8 Å². The lowest BCUT2D eigenvalue weighted by molar-refractivity contribution is -0.185. The summed E-state index contributed by atoms with van der Waals surface area (Å²) < 4.78 is 20.6. The number of hydrogen-bond acceptors (Lipinski definition) is 9. The fourth-order valence-electron chi connectivity index (χ4n) is 2.56. The lowest BCUT2D eigenvalue weighted by atomic mass is 9.94. The molecule has 0 bridgehead atoms. The van der Waals surface area contributed by atoms with E-state index in [-0.39, 0.29) is 25.2 Å². The van der Waals surface area contributed by atoms with Gasteiger partial charge in [-0.3, -0.25) is 4.79 Å². The second-order valence-electron chi connectivity index (χ2n) is 7.70. The molecule has 0 aliphatic heterocycles. The Balaban J connectivity index is 3.22. The van der Waals surface area contributed by atoms with Crippen LogP contribution in [-0.4, -0.2) is 54.3 Å². The molecule has 1 rings (SSSR count). The molecule has 0 saturated heterocycles. The molecular formula is C22H31NO8. The maximum absolute atomic E-state index is 12.8. The first-order chi connectivity index (χ1) is 14.5. The van der Waals surface area contributed by atoms with Gasteiger partial charge in [0.05, 0.1) is 18.8 Å². The summed E-state index contributed by atoms with van der Waals surface area (Å²) in [5.41, 5.74) is 2.84. The van der Waals surface area contributed by atoms with Gasteiger partial charge in [-0.25, -0.2) is 14.4 Å². The van der Waals surface area contributed by atoms with E-state index < -0.39 is 47.5 Å². The summed E-state index contributed by atoms with van der Waals surface area (Å²) in [6.45, 7) is 7.99. The smallest absolute Gasteiger partial charge is 0.362 e. The van der Waals surface area contributed by atoms with Gasteiger partial charge >= 0.3 is 29.5 Å². The van der Waals surface area contributed by atoms with Crippen LogP contribution < -0.4 is 5.73 Å². The Kier molecular flexibility index (Phi) is 9.64. The van der Waals surface area contributed by atoms with Crippen molar-refractivity contribution in [2.24, 2.45) is 5.73 Å². The van der Waals surface area contributed by atoms with Gasteiger partial charge in [-0.15, -0.1) is 0 Å². The highest BCUT2D eigenvalue weighted by atomic mass is 16.6. The van der Waals surface area contributed by atoms with Gasteiger partial charge in [0, 0.05) is 6.42 Å². The Bertz CT molecular complexity index is 751. The van der Waals surface area contributed by atoms with Crippen LogP contribution in [0.15, 0.2) is 30.3 Å². The minimum Gasteiger partial charge on any atom is -0.463 e. The van der Waals surface area contributed by atoms with Gasteiger partial charge in [0.15, 0.2) is 0 Å². The number of carbonyl (C=O) groups excluding carboxylic acids is 4. The third-order valence-electron chi connectivity index (χ3n) is 4.00. The maximum atomic E-state index is 12.8. The summed E-state index contributed by atoms with van der Waals surface area (Å²) >= 11 is 0. The summed E-state index contributed by atoms with van der Waals surface area (Å²) in [6.07, 6.45) is -0.627. The van der Waals surface area contributed by atoms with Gasteiger partial charge in [0.1, 0.15) is 11.6 Å². The zero-order valence-electron chi connectivity index (χ0n) is 18.6. The topological polar surface area (TPSA) is 131 Å². The summed E-state index contributed by atoms with van der Waals surface area (Å²) in [7, 11) is 0. The molecule has 9 heteroatoms. The minimum atomic E-state index is -2.42. The molecule has 1 atom stereocenters. The van der Waals surface area contributed by atoms with Crippen molar-refractivity contribution < 1.29 is 38.1 Å². The predicted molar refractivity (Wildman–Crippen MR) is 111 cm³/mol. The van der Waals surface area contributed by atoms with Gasteiger partial charge in [-0.05, 0) is 53.2 Å². The second-order valence-corrected chi connectivity index (χ2v) is 7.70. The largest absolute Gasteiger partial charge is 0.463 e. The lowest BCUT2D eigenvalue weighted by Gasteiger charge is -2.30. The minimum absolute atomic E-state index is 0.0685. The highest BCUT2D eigenvalue weighted by Crippen LogP contribution is 2.26. The number of esters is 4. The zero-order chi connectivity index (χ0) is 23.7. The van der Waals surface area contributed by atoms with Crippen LogP contribution in [0.2, 0.25) is 0 Å². The first-order valence-corrected chi connectivity index (χ1v) is 10.1. The Labute approximate surface area is 182 Å². The van der Waals surface area contributed by atoms with Crippen molar-refractivity contribution in [3.8, 4) is 0 Å². The van der Waals surface area contributed by atoms with E-state index >= 15 is 0 Å². The molecular weight excluding hydrogens is 406 g/mol. The first-order valence-electron chi connectivity index (χ1n) is 10.1. The van der Waals surface area contributed by atoms with E-state index in [2.05, 4.69) is 0 Å². The number of carbonyl (C=O) groups is 4. The van der Waals surface area contributed by atoms with Crippen LogP contribution in [-0.2, 0) is 33.3 Å². The lowest BCUT2D eigenvalue weighted by Crippen LogP contribution is -2.53. The van der Waals surface area contributed by atoms with Gasteiger partial charge in [-0.1, -0.05) is 18.2 Å². The number of nitrogens with two attached hydrogens (primary N) is 1. The molecule has 0 radical (unpaired) electrons. The summed E-state index contributed by atoms with van der Waals surface area (Å²) in [5, 5.41) is 0. The van der Waals surface area contributed by atoms with E-state index in [1.807, 2.05) is 0 Å². The van der Waals surface area contributed by atoms with Crippen molar-refractivity contribution in [3.63, 3.8) is 0 Å². The molecule has 31 heavy (non-hydrogen) atoms. The quantitative estimate of drug-likeness (QED) is 0.332. The molecule has 172 valence electrons. The monoisotopic (exact) mass is 437 g/mol. The number of benzene rings is 1. The van der Waals surface area contributed by atoms with Gasteiger partial charge < -0.3 is 24.7 Å². The Morgan fingerprint density at radius 3 is 1.87 bits per heavy atom. The summed E-state index contributed by atoms with van der Waals surface area (Å²) in [4.78, 5) is 50.5. The number of ether oxygens (including phenoxy) is 4. The zero-order valence-corrected chi connectivity index (χ0v) is 18.6. The molecule has 0 amide bonds. The standard InChI is InChI=1S/C22H31NO8/c1-6-28-19(26)22(20(27)29-7-2,31-17(24)15-11-9-8-10-12-15)14-13-16(23)18(25)30-21(3,4)5/h8-12,16H,6-7,13-14,23H2,1-5H3.